The zero-order chi connectivity index (χ0) is 18.4. The average Bonchev–Trinajstić information content (AvgIpc) is 3.14. The van der Waals surface area contributed by atoms with Crippen LogP contribution in [0.2, 0.25) is 0 Å². The summed E-state index contributed by atoms with van der Waals surface area (Å²) in [4.78, 5) is 30.6. The summed E-state index contributed by atoms with van der Waals surface area (Å²) in [6, 6.07) is 10.4. The highest BCUT2D eigenvalue weighted by Crippen LogP contribution is 2.51. The quantitative estimate of drug-likeness (QED) is 0.821. The van der Waals surface area contributed by atoms with E-state index in [1.54, 1.807) is 0 Å². The van der Waals surface area contributed by atoms with E-state index >= 15 is 0 Å². The topological polar surface area (TPSA) is 40.6 Å². The molecule has 3 fully saturated rings. The van der Waals surface area contributed by atoms with Gasteiger partial charge in [0.15, 0.2) is 0 Å². The zero-order valence-corrected chi connectivity index (χ0v) is 15.8. The number of hydrogen-bond acceptors (Lipinski definition) is 2. The molecule has 1 aromatic carbocycles. The largest absolute Gasteiger partial charge is 0.327 e. The minimum Gasteiger partial charge on any atom is -0.327 e. The minimum absolute atomic E-state index is 0.0671. The van der Waals surface area contributed by atoms with Crippen molar-refractivity contribution < 1.29 is 9.59 Å². The third-order valence-electron chi connectivity index (χ3n) is 7.07. The Kier molecular flexibility index (Phi) is 4.30. The molecule has 0 N–H and O–H groups in total. The Labute approximate surface area is 161 Å². The Bertz CT molecular complexity index is 759. The molecule has 2 amide bonds. The number of hydrogen-bond donors (Lipinski definition) is 0. The number of carbonyl (C=O) groups is 2. The highest BCUT2D eigenvalue weighted by molar-refractivity contribution is 5.91. The van der Waals surface area contributed by atoms with Crippen LogP contribution in [0.4, 0.5) is 0 Å². The van der Waals surface area contributed by atoms with Gasteiger partial charge in [-0.15, -0.1) is 0 Å². The second-order valence-corrected chi connectivity index (χ2v) is 8.67. The van der Waals surface area contributed by atoms with Crippen LogP contribution in [0.1, 0.15) is 56.4 Å². The van der Waals surface area contributed by atoms with E-state index in [2.05, 4.69) is 18.2 Å². The number of nitrogens with zero attached hydrogens (tertiary/aromatic N) is 2. The predicted octanol–water partition coefficient (Wildman–Crippen LogP) is 3.70. The number of rotatable bonds is 3. The smallest absolute Gasteiger partial charge is 0.249 e. The number of amides is 2. The Morgan fingerprint density at radius 2 is 1.78 bits per heavy atom. The number of carbonyl (C=O) groups excluding carboxylic acids is 2. The van der Waals surface area contributed by atoms with Crippen molar-refractivity contribution >= 4 is 11.8 Å². The Balaban J connectivity index is 1.38. The van der Waals surface area contributed by atoms with Gasteiger partial charge in [0.05, 0.1) is 0 Å². The maximum Gasteiger partial charge on any atom is 0.249 e. The van der Waals surface area contributed by atoms with E-state index in [9.17, 15) is 9.59 Å². The first-order chi connectivity index (χ1) is 13.2. The van der Waals surface area contributed by atoms with Crippen LogP contribution in [0.3, 0.4) is 0 Å². The van der Waals surface area contributed by atoms with Crippen LogP contribution in [0.15, 0.2) is 42.6 Å². The second-order valence-electron chi connectivity index (χ2n) is 8.67. The second kappa shape index (κ2) is 6.81. The van der Waals surface area contributed by atoms with Crippen LogP contribution in [0.25, 0.3) is 0 Å². The lowest BCUT2D eigenvalue weighted by molar-refractivity contribution is -0.145. The number of benzene rings is 1. The highest BCUT2D eigenvalue weighted by Gasteiger charge is 2.54. The van der Waals surface area contributed by atoms with Gasteiger partial charge in [-0.3, -0.25) is 9.59 Å². The summed E-state index contributed by atoms with van der Waals surface area (Å²) in [5, 5.41) is 0. The summed E-state index contributed by atoms with van der Waals surface area (Å²) in [5.41, 5.74) is 1.26. The Morgan fingerprint density at radius 1 is 0.963 bits per heavy atom. The van der Waals surface area contributed by atoms with Crippen molar-refractivity contribution in [2.45, 2.75) is 62.9 Å². The van der Waals surface area contributed by atoms with Crippen molar-refractivity contribution in [3.63, 3.8) is 0 Å². The van der Waals surface area contributed by atoms with E-state index in [4.69, 9.17) is 0 Å². The minimum atomic E-state index is -0.245. The summed E-state index contributed by atoms with van der Waals surface area (Å²) in [6.45, 7) is 0.767. The maximum atomic E-state index is 13.5. The number of likely N-dealkylation sites (tertiary alicyclic amines) is 1. The zero-order valence-electron chi connectivity index (χ0n) is 15.8. The Hall–Kier alpha value is -2.10. The van der Waals surface area contributed by atoms with Crippen molar-refractivity contribution in [1.82, 2.24) is 9.80 Å². The molecular formula is C23H28N2O2. The molecule has 4 heteroatoms. The van der Waals surface area contributed by atoms with E-state index in [0.29, 0.717) is 11.8 Å². The van der Waals surface area contributed by atoms with Gasteiger partial charge in [-0.25, -0.2) is 0 Å². The lowest BCUT2D eigenvalue weighted by Crippen LogP contribution is -2.50. The van der Waals surface area contributed by atoms with Crippen molar-refractivity contribution in [3.8, 4) is 0 Å². The van der Waals surface area contributed by atoms with E-state index in [1.807, 2.05) is 34.2 Å². The molecule has 0 unspecified atom stereocenters. The molecule has 0 aromatic heterocycles. The van der Waals surface area contributed by atoms with Crippen molar-refractivity contribution in [2.24, 2.45) is 11.8 Å². The summed E-state index contributed by atoms with van der Waals surface area (Å²) in [5.74, 6) is 1.29. The van der Waals surface area contributed by atoms with Crippen molar-refractivity contribution in [1.29, 1.82) is 0 Å². The molecule has 142 valence electrons. The molecule has 27 heavy (non-hydrogen) atoms. The van der Waals surface area contributed by atoms with Gasteiger partial charge in [0.25, 0.3) is 0 Å². The Morgan fingerprint density at radius 3 is 2.56 bits per heavy atom. The summed E-state index contributed by atoms with van der Waals surface area (Å²) in [6.07, 6.45) is 11.3. The molecule has 4 nitrogen and oxygen atoms in total. The third-order valence-corrected chi connectivity index (χ3v) is 7.07. The molecule has 5 rings (SSSR count). The van der Waals surface area contributed by atoms with E-state index in [1.165, 1.54) is 24.8 Å². The van der Waals surface area contributed by atoms with Gasteiger partial charge in [-0.05, 0) is 49.5 Å². The first-order valence-electron chi connectivity index (χ1n) is 10.6. The van der Waals surface area contributed by atoms with Gasteiger partial charge in [0.1, 0.15) is 6.04 Å². The molecule has 1 aromatic rings. The molecule has 2 aliphatic carbocycles. The standard InChI is InChI=1S/C23H28N2O2/c26-22(19-15-18(19)16-8-2-1-3-9-16)25-20-11-5-4-10-17(20)14-21(25)23(27)24-12-6-7-13-24/h1-3,6,8-9,12,17-21H,4-5,7,10-11,13-15H2/t17-,18-,19+,20-,21-/m0/s1. The summed E-state index contributed by atoms with van der Waals surface area (Å²) in [7, 11) is 0. The van der Waals surface area contributed by atoms with Crippen LogP contribution in [0.5, 0.6) is 0 Å². The van der Waals surface area contributed by atoms with Gasteiger partial charge in [-0.2, -0.15) is 0 Å². The molecule has 2 saturated carbocycles. The van der Waals surface area contributed by atoms with Crippen molar-refractivity contribution in [2.75, 3.05) is 6.54 Å². The van der Waals surface area contributed by atoms with E-state index < -0.39 is 0 Å². The molecule has 4 aliphatic rings. The van der Waals surface area contributed by atoms with Gasteiger partial charge in [-0.1, -0.05) is 49.2 Å². The van der Waals surface area contributed by atoms with E-state index in [-0.39, 0.29) is 29.8 Å². The fourth-order valence-electron chi connectivity index (χ4n) is 5.59. The molecule has 5 atom stereocenters. The fraction of sp³-hybridized carbons (Fsp3) is 0.565. The van der Waals surface area contributed by atoms with Crippen LogP contribution in [-0.4, -0.2) is 40.2 Å². The number of fused-ring (bicyclic) bond motifs is 1. The van der Waals surface area contributed by atoms with Crippen molar-refractivity contribution in [3.05, 3.63) is 48.2 Å². The molecule has 0 bridgehead atoms. The normalized spacial score (nSPS) is 34.6. The molecule has 2 aliphatic heterocycles. The molecule has 1 saturated heterocycles. The van der Waals surface area contributed by atoms with Crippen LogP contribution >= 0.6 is 0 Å². The SMILES string of the molecule is O=C([C@@H]1C[C@@H]2CCCC[C@@H]2N1C(=O)[C@@H]1C[C@H]1c1ccccc1)N1C=CCC1. The molecule has 0 spiro atoms. The third kappa shape index (κ3) is 2.99. The predicted molar refractivity (Wildman–Crippen MR) is 104 cm³/mol. The highest BCUT2D eigenvalue weighted by atomic mass is 16.2. The lowest BCUT2D eigenvalue weighted by atomic mass is 9.84. The molecule has 2 heterocycles. The maximum absolute atomic E-state index is 13.5. The van der Waals surface area contributed by atoms with Gasteiger partial charge >= 0.3 is 0 Å². The van der Waals surface area contributed by atoms with Crippen LogP contribution < -0.4 is 0 Å². The fourth-order valence-corrected chi connectivity index (χ4v) is 5.59. The monoisotopic (exact) mass is 364 g/mol. The van der Waals surface area contributed by atoms with E-state index in [0.717, 1.165) is 32.2 Å². The molecule has 0 radical (unpaired) electrons. The van der Waals surface area contributed by atoms with Crippen LogP contribution in [0, 0.1) is 11.8 Å². The summed E-state index contributed by atoms with van der Waals surface area (Å²) < 4.78 is 0. The van der Waals surface area contributed by atoms with Gasteiger partial charge in [0, 0.05) is 24.7 Å². The summed E-state index contributed by atoms with van der Waals surface area (Å²) >= 11 is 0. The van der Waals surface area contributed by atoms with Crippen LogP contribution in [-0.2, 0) is 9.59 Å². The average molecular weight is 364 g/mol. The first-order valence-corrected chi connectivity index (χ1v) is 10.6. The molecular weight excluding hydrogens is 336 g/mol. The van der Waals surface area contributed by atoms with Gasteiger partial charge < -0.3 is 9.80 Å². The van der Waals surface area contributed by atoms with Gasteiger partial charge in [0.2, 0.25) is 11.8 Å². The first kappa shape index (κ1) is 17.0. The lowest BCUT2D eigenvalue weighted by Gasteiger charge is -2.34.